The Kier molecular flexibility index (Phi) is 16.8. The Labute approximate surface area is 399 Å². The second-order valence-corrected chi connectivity index (χ2v) is 17.2. The number of aryl methyl sites for hydroxylation is 1. The zero-order valence-electron chi connectivity index (χ0n) is 41.3. The quantitative estimate of drug-likeness (QED) is 0.156. The van der Waals surface area contributed by atoms with Crippen LogP contribution in [0, 0.1) is 6.92 Å². The second-order valence-electron chi connectivity index (χ2n) is 17.2. The van der Waals surface area contributed by atoms with Gasteiger partial charge in [0, 0.05) is 0 Å². The van der Waals surface area contributed by atoms with Gasteiger partial charge in [-0.1, -0.05) is 241 Å². The van der Waals surface area contributed by atoms with Gasteiger partial charge < -0.3 is 0 Å². The van der Waals surface area contributed by atoms with E-state index in [0.29, 0.717) is 0 Å². The van der Waals surface area contributed by atoms with Gasteiger partial charge >= 0.3 is 0 Å². The summed E-state index contributed by atoms with van der Waals surface area (Å²) in [6.45, 7) is 27.0. The molecular weight excluding hydrogens is 793 g/mol. The molecule has 10 rings (SSSR count). The summed E-state index contributed by atoms with van der Waals surface area (Å²) in [7, 11) is 0. The predicted octanol–water partition coefficient (Wildman–Crippen LogP) is 18.7. The molecule has 0 heteroatoms. The van der Waals surface area contributed by atoms with E-state index >= 15 is 0 Å². The number of allylic oxidation sites excluding steroid dienone is 12. The van der Waals surface area contributed by atoms with Crippen LogP contribution >= 0.6 is 0 Å². The highest BCUT2D eigenvalue weighted by molar-refractivity contribution is 5.91. The molecular formula is C66H72. The largest absolute Gasteiger partial charge is 0.0955 e. The molecule has 6 aromatic rings. The minimum absolute atomic E-state index is 0.299. The number of benzene rings is 6. The third-order valence-electron chi connectivity index (χ3n) is 13.3. The van der Waals surface area contributed by atoms with E-state index < -0.39 is 5.41 Å². The van der Waals surface area contributed by atoms with Gasteiger partial charge in [0.25, 0.3) is 0 Å². The van der Waals surface area contributed by atoms with Crippen molar-refractivity contribution in [2.75, 3.05) is 0 Å². The van der Waals surface area contributed by atoms with Crippen LogP contribution in [0.1, 0.15) is 143 Å². The van der Waals surface area contributed by atoms with E-state index in [-0.39, 0.29) is 5.41 Å². The van der Waals surface area contributed by atoms with Crippen molar-refractivity contribution in [2.24, 2.45) is 0 Å². The summed E-state index contributed by atoms with van der Waals surface area (Å²) in [5, 5.41) is 0. The van der Waals surface area contributed by atoms with Crippen molar-refractivity contribution in [3.05, 3.63) is 274 Å². The molecule has 0 N–H and O–H groups in total. The van der Waals surface area contributed by atoms with E-state index in [2.05, 4.69) is 205 Å². The molecule has 2 atom stereocenters. The zero-order chi connectivity index (χ0) is 47.3. The number of fused-ring (bicyclic) bond motifs is 7. The minimum Gasteiger partial charge on any atom is -0.0955 e. The van der Waals surface area contributed by atoms with Crippen molar-refractivity contribution < 1.29 is 0 Å². The van der Waals surface area contributed by atoms with Crippen molar-refractivity contribution in [3.63, 3.8) is 0 Å². The molecule has 0 saturated heterocycles. The van der Waals surface area contributed by atoms with Crippen molar-refractivity contribution >= 4 is 22.3 Å². The lowest BCUT2D eigenvalue weighted by atomic mass is 9.49. The Bertz CT molecular complexity index is 2770. The highest BCUT2D eigenvalue weighted by Gasteiger charge is 2.58. The van der Waals surface area contributed by atoms with Gasteiger partial charge in [-0.15, -0.1) is 0 Å². The van der Waals surface area contributed by atoms with Gasteiger partial charge in [-0.25, -0.2) is 0 Å². The van der Waals surface area contributed by atoms with E-state index in [4.69, 9.17) is 0 Å². The third kappa shape index (κ3) is 9.17. The molecule has 0 radical (unpaired) electrons. The summed E-state index contributed by atoms with van der Waals surface area (Å²) in [5.74, 6) is 0. The first kappa shape index (κ1) is 48.9. The first-order chi connectivity index (χ1) is 32.2. The molecule has 6 aromatic carbocycles. The van der Waals surface area contributed by atoms with Gasteiger partial charge in [-0.05, 0) is 149 Å². The van der Waals surface area contributed by atoms with Gasteiger partial charge in [-0.3, -0.25) is 0 Å². The standard InChI is InChI=1S/C42H36.C11H14.C9H10.2C2H6/c1-28(2)30-25-26-39-40(27-30)41(31-16-5-4-6-17-31,34-20-10-7-15-29(34)3)37-23-13-14-24-38(37)42(39)35-21-11-8-18-32(35)33-19-9-12-22-36(33)42;1-3-7-10(2)11-8-5-4-6-9-11;1-8(2)9-6-4-3-5-7-9;2*1-2/h4-8,10-13,15-18,20-23,25-27H,1,9,14,19,24H2,2-3H3;4-9H,3H2,1-2H3;3-7H,1H2,2H3;2*1-2H3/b;10-7-;;;. The summed E-state index contributed by atoms with van der Waals surface area (Å²) < 4.78 is 0. The van der Waals surface area contributed by atoms with Crippen LogP contribution in [0.25, 0.3) is 22.3 Å². The summed E-state index contributed by atoms with van der Waals surface area (Å²) in [6, 6.07) is 57.5. The average molecular weight is 865 g/mol. The van der Waals surface area contributed by atoms with Crippen LogP contribution in [0.15, 0.2) is 218 Å². The summed E-state index contributed by atoms with van der Waals surface area (Å²) in [4.78, 5) is 0. The van der Waals surface area contributed by atoms with Crippen LogP contribution < -0.4 is 0 Å². The molecule has 66 heavy (non-hydrogen) atoms. The molecule has 0 saturated carbocycles. The Hall–Kier alpha value is -6.50. The van der Waals surface area contributed by atoms with E-state index in [1.54, 1.807) is 5.57 Å². The fourth-order valence-electron chi connectivity index (χ4n) is 10.6. The Morgan fingerprint density at radius 3 is 1.64 bits per heavy atom. The summed E-state index contributed by atoms with van der Waals surface area (Å²) >= 11 is 0. The van der Waals surface area contributed by atoms with E-state index in [9.17, 15) is 0 Å². The van der Waals surface area contributed by atoms with Gasteiger partial charge in [0.05, 0.1) is 10.8 Å². The molecule has 0 fully saturated rings. The van der Waals surface area contributed by atoms with Gasteiger partial charge in [0.15, 0.2) is 0 Å². The van der Waals surface area contributed by atoms with Gasteiger partial charge in [-0.2, -0.15) is 0 Å². The maximum absolute atomic E-state index is 4.41. The Morgan fingerprint density at radius 1 is 0.515 bits per heavy atom. The Balaban J connectivity index is 0.000000247. The molecule has 0 heterocycles. The fourth-order valence-corrected chi connectivity index (χ4v) is 10.6. The van der Waals surface area contributed by atoms with E-state index in [1.165, 1.54) is 77.9 Å². The molecule has 4 aliphatic carbocycles. The molecule has 2 unspecified atom stereocenters. The first-order valence-corrected chi connectivity index (χ1v) is 24.5. The van der Waals surface area contributed by atoms with Crippen molar-refractivity contribution in [1.82, 2.24) is 0 Å². The lowest BCUT2D eigenvalue weighted by molar-refractivity contribution is 0.578. The van der Waals surface area contributed by atoms with Crippen LogP contribution in [-0.4, -0.2) is 0 Å². The second kappa shape index (κ2) is 22.6. The molecule has 0 bridgehead atoms. The van der Waals surface area contributed by atoms with Crippen molar-refractivity contribution in [3.8, 4) is 0 Å². The molecule has 1 spiro atoms. The molecule has 336 valence electrons. The fraction of sp³-hybridized carbons (Fsp3) is 0.242. The van der Waals surface area contributed by atoms with E-state index in [1.807, 2.05) is 58.9 Å². The minimum atomic E-state index is -0.443. The zero-order valence-corrected chi connectivity index (χ0v) is 41.3. The molecule has 0 amide bonds. The van der Waals surface area contributed by atoms with Crippen molar-refractivity contribution in [2.45, 2.75) is 105 Å². The predicted molar refractivity (Wildman–Crippen MR) is 291 cm³/mol. The maximum Gasteiger partial charge on any atom is 0.0707 e. The molecule has 0 aliphatic heterocycles. The molecule has 0 nitrogen and oxygen atoms in total. The average Bonchev–Trinajstić information content (AvgIpc) is 3.67. The van der Waals surface area contributed by atoms with Gasteiger partial charge in [0.2, 0.25) is 0 Å². The van der Waals surface area contributed by atoms with Crippen LogP contribution in [0.5, 0.6) is 0 Å². The SMILES string of the molecule is C=C(C)c1ccc2c(c1)C(c1ccccc1)(c1ccccc1C)C1=C(CCC=C1)C21C2=C(CCC=C2)c2ccccc21.C=C(C)c1ccccc1.CC.CC.CC/C=C(/C)c1ccccc1. The highest BCUT2D eigenvalue weighted by Crippen LogP contribution is 2.66. The van der Waals surface area contributed by atoms with Crippen molar-refractivity contribution in [1.29, 1.82) is 0 Å². The summed E-state index contributed by atoms with van der Waals surface area (Å²) in [5.41, 5.74) is 22.4. The highest BCUT2D eigenvalue weighted by atomic mass is 14.6. The Morgan fingerprint density at radius 2 is 1.05 bits per heavy atom. The third-order valence-corrected chi connectivity index (χ3v) is 13.3. The number of hydrogen-bond acceptors (Lipinski definition) is 0. The van der Waals surface area contributed by atoms with Crippen LogP contribution in [0.4, 0.5) is 0 Å². The van der Waals surface area contributed by atoms with Crippen LogP contribution in [-0.2, 0) is 10.8 Å². The maximum atomic E-state index is 4.41. The topological polar surface area (TPSA) is 0 Å². The van der Waals surface area contributed by atoms with Crippen LogP contribution in [0.2, 0.25) is 0 Å². The van der Waals surface area contributed by atoms with E-state index in [0.717, 1.165) is 43.3 Å². The normalized spacial score (nSPS) is 18.3. The monoisotopic (exact) mass is 865 g/mol. The number of hydrogen-bond donors (Lipinski definition) is 0. The molecule has 0 aromatic heterocycles. The molecule has 4 aliphatic rings. The number of rotatable bonds is 6. The summed E-state index contributed by atoms with van der Waals surface area (Å²) in [6.07, 6.45) is 17.5. The first-order valence-electron chi connectivity index (χ1n) is 24.5. The lowest BCUT2D eigenvalue weighted by Crippen LogP contribution is -2.46. The smallest absolute Gasteiger partial charge is 0.0707 e. The van der Waals surface area contributed by atoms with Gasteiger partial charge in [0.1, 0.15) is 0 Å². The lowest BCUT2D eigenvalue weighted by Gasteiger charge is -2.52. The van der Waals surface area contributed by atoms with Crippen LogP contribution in [0.3, 0.4) is 0 Å².